The number of nitro groups is 1. The lowest BCUT2D eigenvalue weighted by Crippen LogP contribution is -2.13. The summed E-state index contributed by atoms with van der Waals surface area (Å²) < 4.78 is 4.79. The Hall–Kier alpha value is -1.82. The van der Waals surface area contributed by atoms with Gasteiger partial charge in [0.15, 0.2) is 0 Å². The molecule has 1 amide bonds. The normalized spacial score (nSPS) is 9.73. The molecule has 80 valence electrons. The molecular formula is C8H7ClN2O4. The van der Waals surface area contributed by atoms with Crippen LogP contribution >= 0.6 is 11.6 Å². The van der Waals surface area contributed by atoms with Gasteiger partial charge in [0.1, 0.15) is 11.3 Å². The SMILES string of the molecule is COc1cc([N+](=O)[O-])cc(Cl)c1C(N)=O. The van der Waals surface area contributed by atoms with Gasteiger partial charge in [0.05, 0.1) is 23.1 Å². The molecule has 0 spiro atoms. The molecule has 0 saturated carbocycles. The summed E-state index contributed by atoms with van der Waals surface area (Å²) in [6.07, 6.45) is 0. The Morgan fingerprint density at radius 3 is 2.60 bits per heavy atom. The number of nitrogens with zero attached hydrogens (tertiary/aromatic N) is 1. The molecule has 0 heterocycles. The Balaban J connectivity index is 3.43. The van der Waals surface area contributed by atoms with E-state index < -0.39 is 10.8 Å². The minimum Gasteiger partial charge on any atom is -0.496 e. The number of carbonyl (C=O) groups is 1. The number of primary amides is 1. The highest BCUT2D eigenvalue weighted by atomic mass is 35.5. The summed E-state index contributed by atoms with van der Waals surface area (Å²) in [6, 6.07) is 2.14. The van der Waals surface area contributed by atoms with Gasteiger partial charge in [0, 0.05) is 6.07 Å². The summed E-state index contributed by atoms with van der Waals surface area (Å²) in [7, 11) is 1.27. The van der Waals surface area contributed by atoms with Crippen LogP contribution in [-0.2, 0) is 0 Å². The van der Waals surface area contributed by atoms with Crippen LogP contribution in [0.5, 0.6) is 5.75 Å². The third-order valence-corrected chi connectivity index (χ3v) is 2.01. The molecule has 0 unspecified atom stereocenters. The number of rotatable bonds is 3. The first-order valence-corrected chi connectivity index (χ1v) is 4.17. The van der Waals surface area contributed by atoms with Crippen LogP contribution in [0.1, 0.15) is 10.4 Å². The van der Waals surface area contributed by atoms with Crippen LogP contribution in [0.3, 0.4) is 0 Å². The molecule has 0 aromatic heterocycles. The largest absolute Gasteiger partial charge is 0.496 e. The van der Waals surface area contributed by atoms with Crippen molar-refractivity contribution in [1.82, 2.24) is 0 Å². The van der Waals surface area contributed by atoms with Crippen LogP contribution in [0, 0.1) is 10.1 Å². The minimum absolute atomic E-state index is 0.0123. The molecule has 2 N–H and O–H groups in total. The predicted octanol–water partition coefficient (Wildman–Crippen LogP) is 1.36. The molecule has 1 aromatic carbocycles. The summed E-state index contributed by atoms with van der Waals surface area (Å²) in [6.45, 7) is 0. The topological polar surface area (TPSA) is 95.5 Å². The average molecular weight is 231 g/mol. The summed E-state index contributed by atoms with van der Waals surface area (Å²) in [5.41, 5.74) is 4.72. The zero-order valence-corrected chi connectivity index (χ0v) is 8.45. The maximum atomic E-state index is 11.0. The summed E-state index contributed by atoms with van der Waals surface area (Å²) in [4.78, 5) is 20.8. The van der Waals surface area contributed by atoms with E-state index in [0.29, 0.717) is 0 Å². The summed E-state index contributed by atoms with van der Waals surface area (Å²) in [5, 5.41) is 10.4. The highest BCUT2D eigenvalue weighted by molar-refractivity contribution is 6.34. The third kappa shape index (κ3) is 2.16. The molecule has 0 bridgehead atoms. The van der Waals surface area contributed by atoms with Crippen LogP contribution in [-0.4, -0.2) is 17.9 Å². The van der Waals surface area contributed by atoms with Crippen molar-refractivity contribution in [3.63, 3.8) is 0 Å². The molecule has 0 radical (unpaired) electrons. The van der Waals surface area contributed by atoms with Crippen LogP contribution in [0.25, 0.3) is 0 Å². The van der Waals surface area contributed by atoms with Crippen molar-refractivity contribution in [2.45, 2.75) is 0 Å². The monoisotopic (exact) mass is 230 g/mol. The molecule has 7 heteroatoms. The number of amides is 1. The van der Waals surface area contributed by atoms with E-state index in [4.69, 9.17) is 22.1 Å². The van der Waals surface area contributed by atoms with Crippen LogP contribution in [0.4, 0.5) is 5.69 Å². The zero-order valence-electron chi connectivity index (χ0n) is 7.69. The van der Waals surface area contributed by atoms with Gasteiger partial charge in [-0.05, 0) is 0 Å². The standard InChI is InChI=1S/C8H7ClN2O4/c1-15-6-3-4(11(13)14)2-5(9)7(6)8(10)12/h2-3H,1H3,(H2,10,12). The number of halogens is 1. The van der Waals surface area contributed by atoms with Gasteiger partial charge in [-0.15, -0.1) is 0 Å². The number of nitro benzene ring substituents is 1. The number of non-ortho nitro benzene ring substituents is 1. The maximum Gasteiger partial charge on any atom is 0.274 e. The van der Waals surface area contributed by atoms with Gasteiger partial charge in [-0.3, -0.25) is 14.9 Å². The van der Waals surface area contributed by atoms with Crippen molar-refractivity contribution in [3.05, 3.63) is 32.8 Å². The number of benzene rings is 1. The van der Waals surface area contributed by atoms with E-state index in [1.807, 2.05) is 0 Å². The lowest BCUT2D eigenvalue weighted by molar-refractivity contribution is -0.384. The maximum absolute atomic E-state index is 11.0. The number of hydrogen-bond donors (Lipinski definition) is 1. The Morgan fingerprint density at radius 1 is 1.60 bits per heavy atom. The van der Waals surface area contributed by atoms with Crippen molar-refractivity contribution in [2.24, 2.45) is 5.73 Å². The van der Waals surface area contributed by atoms with Crippen molar-refractivity contribution < 1.29 is 14.5 Å². The van der Waals surface area contributed by atoms with Gasteiger partial charge in [0.25, 0.3) is 11.6 Å². The Labute approximate surface area is 89.7 Å². The second kappa shape index (κ2) is 4.14. The number of nitrogens with two attached hydrogens (primary N) is 1. The second-order valence-corrected chi connectivity index (χ2v) is 3.03. The van der Waals surface area contributed by atoms with Gasteiger partial charge in [0.2, 0.25) is 0 Å². The first kappa shape index (κ1) is 11.3. The van der Waals surface area contributed by atoms with E-state index in [-0.39, 0.29) is 22.0 Å². The molecule has 6 nitrogen and oxygen atoms in total. The second-order valence-electron chi connectivity index (χ2n) is 2.63. The van der Waals surface area contributed by atoms with E-state index in [9.17, 15) is 14.9 Å². The third-order valence-electron chi connectivity index (χ3n) is 1.72. The Kier molecular flexibility index (Phi) is 3.11. The number of hydrogen-bond acceptors (Lipinski definition) is 4. The van der Waals surface area contributed by atoms with Gasteiger partial charge in [-0.1, -0.05) is 11.6 Å². The van der Waals surface area contributed by atoms with Crippen molar-refractivity contribution in [1.29, 1.82) is 0 Å². The van der Waals surface area contributed by atoms with E-state index >= 15 is 0 Å². The summed E-state index contributed by atoms with van der Waals surface area (Å²) in [5.74, 6) is -0.812. The van der Waals surface area contributed by atoms with Crippen LogP contribution < -0.4 is 10.5 Å². The smallest absolute Gasteiger partial charge is 0.274 e. The quantitative estimate of drug-likeness (QED) is 0.626. The number of carbonyl (C=O) groups excluding carboxylic acids is 1. The van der Waals surface area contributed by atoms with Crippen molar-refractivity contribution in [2.75, 3.05) is 7.11 Å². The Morgan fingerprint density at radius 2 is 2.20 bits per heavy atom. The molecule has 0 aliphatic rings. The molecule has 0 fully saturated rings. The van der Waals surface area contributed by atoms with Crippen LogP contribution in [0.15, 0.2) is 12.1 Å². The Bertz CT molecular complexity index is 433. The van der Waals surface area contributed by atoms with E-state index in [1.165, 1.54) is 7.11 Å². The van der Waals surface area contributed by atoms with E-state index in [0.717, 1.165) is 12.1 Å². The van der Waals surface area contributed by atoms with Gasteiger partial charge in [-0.2, -0.15) is 0 Å². The van der Waals surface area contributed by atoms with Gasteiger partial charge < -0.3 is 10.5 Å². The lowest BCUT2D eigenvalue weighted by atomic mass is 10.1. The number of methoxy groups -OCH3 is 1. The fourth-order valence-corrected chi connectivity index (χ4v) is 1.37. The molecular weight excluding hydrogens is 224 g/mol. The summed E-state index contributed by atoms with van der Waals surface area (Å²) >= 11 is 5.67. The molecule has 15 heavy (non-hydrogen) atoms. The van der Waals surface area contributed by atoms with Crippen molar-refractivity contribution in [3.8, 4) is 5.75 Å². The predicted molar refractivity (Wildman–Crippen MR) is 53.2 cm³/mol. The zero-order chi connectivity index (χ0) is 11.6. The van der Waals surface area contributed by atoms with E-state index in [1.54, 1.807) is 0 Å². The fraction of sp³-hybridized carbons (Fsp3) is 0.125. The lowest BCUT2D eigenvalue weighted by Gasteiger charge is -2.06. The van der Waals surface area contributed by atoms with Gasteiger partial charge >= 0.3 is 0 Å². The average Bonchev–Trinajstić information content (AvgIpc) is 2.15. The van der Waals surface area contributed by atoms with E-state index in [2.05, 4.69) is 0 Å². The fourth-order valence-electron chi connectivity index (χ4n) is 1.07. The molecule has 0 aliphatic carbocycles. The molecule has 1 aromatic rings. The molecule has 0 aliphatic heterocycles. The molecule has 0 saturated heterocycles. The van der Waals surface area contributed by atoms with Crippen LogP contribution in [0.2, 0.25) is 5.02 Å². The molecule has 1 rings (SSSR count). The van der Waals surface area contributed by atoms with Gasteiger partial charge in [-0.25, -0.2) is 0 Å². The highest BCUT2D eigenvalue weighted by Crippen LogP contribution is 2.31. The molecule has 0 atom stereocenters. The van der Waals surface area contributed by atoms with Crippen molar-refractivity contribution >= 4 is 23.2 Å². The highest BCUT2D eigenvalue weighted by Gasteiger charge is 2.19. The minimum atomic E-state index is -0.799. The first-order valence-electron chi connectivity index (χ1n) is 3.79. The number of ether oxygens (including phenoxy) is 1. The first-order chi connectivity index (χ1) is 6.97.